The molecule has 0 saturated heterocycles. The fourth-order valence-corrected chi connectivity index (χ4v) is 2.70. The Kier molecular flexibility index (Phi) is 3.22. The van der Waals surface area contributed by atoms with Gasteiger partial charge in [-0.2, -0.15) is 0 Å². The fourth-order valence-electron chi connectivity index (χ4n) is 1.56. The van der Waals surface area contributed by atoms with Crippen molar-refractivity contribution in [1.29, 1.82) is 0 Å². The summed E-state index contributed by atoms with van der Waals surface area (Å²) in [4.78, 5) is 8.03. The van der Waals surface area contributed by atoms with Crippen LogP contribution < -0.4 is 4.74 Å². The number of hydrogen-bond donors (Lipinski definition) is 0. The van der Waals surface area contributed by atoms with Crippen LogP contribution in [0, 0.1) is 0 Å². The van der Waals surface area contributed by atoms with Crippen LogP contribution in [0.25, 0.3) is 5.65 Å². The minimum Gasteiger partial charge on any atom is -0.491 e. The molecule has 0 spiro atoms. The van der Waals surface area contributed by atoms with Gasteiger partial charge in [-0.3, -0.25) is 4.40 Å². The van der Waals surface area contributed by atoms with E-state index in [0.29, 0.717) is 15.9 Å². The maximum Gasteiger partial charge on any atom is 0.202 e. The molecule has 0 atom stereocenters. The van der Waals surface area contributed by atoms with Crippen molar-refractivity contribution in [2.24, 2.45) is 0 Å². The molecule has 0 aromatic carbocycles. The van der Waals surface area contributed by atoms with E-state index in [9.17, 15) is 0 Å². The molecule has 0 unspecified atom stereocenters. The third kappa shape index (κ3) is 2.22. The van der Waals surface area contributed by atoms with E-state index in [1.165, 1.54) is 25.2 Å². The zero-order valence-electron chi connectivity index (χ0n) is 9.82. The second-order valence-corrected chi connectivity index (χ2v) is 4.83. The molecule has 0 amide bonds. The van der Waals surface area contributed by atoms with Crippen molar-refractivity contribution in [2.45, 2.75) is 10.2 Å². The summed E-state index contributed by atoms with van der Waals surface area (Å²) < 4.78 is 7.06. The highest BCUT2D eigenvalue weighted by atomic mass is 35.5. The van der Waals surface area contributed by atoms with E-state index >= 15 is 0 Å². The van der Waals surface area contributed by atoms with E-state index in [1.54, 1.807) is 0 Å². The zero-order valence-corrected chi connectivity index (χ0v) is 11.4. The highest BCUT2D eigenvalue weighted by molar-refractivity contribution is 7.99. The predicted octanol–water partition coefficient (Wildman–Crippen LogP) is 2.33. The van der Waals surface area contributed by atoms with Crippen molar-refractivity contribution in [2.75, 3.05) is 7.11 Å². The molecule has 0 fully saturated rings. The molecule has 3 heterocycles. The zero-order chi connectivity index (χ0) is 13.2. The van der Waals surface area contributed by atoms with Gasteiger partial charge in [0.05, 0.1) is 7.11 Å². The summed E-state index contributed by atoms with van der Waals surface area (Å²) in [5.74, 6) is 0.432. The van der Waals surface area contributed by atoms with Crippen LogP contribution in [-0.4, -0.2) is 31.7 Å². The maximum atomic E-state index is 5.96. The smallest absolute Gasteiger partial charge is 0.202 e. The van der Waals surface area contributed by atoms with E-state index in [-0.39, 0.29) is 5.15 Å². The first-order valence-corrected chi connectivity index (χ1v) is 6.51. The first-order chi connectivity index (χ1) is 9.29. The van der Waals surface area contributed by atoms with Gasteiger partial charge in [0.15, 0.2) is 21.6 Å². The van der Waals surface area contributed by atoms with Gasteiger partial charge in [-0.1, -0.05) is 17.7 Å². The molecule has 0 bridgehead atoms. The number of halogens is 1. The molecule has 0 saturated carbocycles. The van der Waals surface area contributed by atoms with Crippen molar-refractivity contribution < 1.29 is 4.74 Å². The number of pyridine rings is 1. The third-order valence-corrected chi connectivity index (χ3v) is 3.62. The van der Waals surface area contributed by atoms with Gasteiger partial charge in [-0.05, 0) is 23.9 Å². The number of nitrogens with zero attached hydrogens (tertiary/aromatic N) is 5. The van der Waals surface area contributed by atoms with Crippen LogP contribution in [-0.2, 0) is 0 Å². The fraction of sp³-hybridized carbons (Fsp3) is 0.0909. The molecule has 3 aromatic heterocycles. The number of hydrogen-bond acceptors (Lipinski definition) is 6. The van der Waals surface area contributed by atoms with Crippen LogP contribution in [0.1, 0.15) is 0 Å². The summed E-state index contributed by atoms with van der Waals surface area (Å²) >= 11 is 7.27. The molecular formula is C11H8ClN5OS. The topological polar surface area (TPSA) is 65.2 Å². The van der Waals surface area contributed by atoms with Crippen molar-refractivity contribution in [1.82, 2.24) is 24.6 Å². The van der Waals surface area contributed by atoms with Crippen LogP contribution in [0.15, 0.2) is 40.9 Å². The van der Waals surface area contributed by atoms with Gasteiger partial charge < -0.3 is 4.74 Å². The van der Waals surface area contributed by atoms with Crippen molar-refractivity contribution in [3.8, 4) is 5.75 Å². The summed E-state index contributed by atoms with van der Waals surface area (Å²) in [7, 11) is 1.52. The number of fused-ring (bicyclic) bond motifs is 1. The normalized spacial score (nSPS) is 10.8. The Labute approximate surface area is 117 Å². The highest BCUT2D eigenvalue weighted by Crippen LogP contribution is 2.35. The number of methoxy groups -OCH3 is 1. The van der Waals surface area contributed by atoms with Gasteiger partial charge in [0.2, 0.25) is 5.16 Å². The molecule has 3 rings (SSSR count). The van der Waals surface area contributed by atoms with Crippen LogP contribution in [0.5, 0.6) is 5.75 Å². The minimum atomic E-state index is 0.272. The van der Waals surface area contributed by atoms with Crippen molar-refractivity contribution >= 4 is 29.0 Å². The highest BCUT2D eigenvalue weighted by Gasteiger charge is 2.15. The molecule has 6 nitrogen and oxygen atoms in total. The first kappa shape index (κ1) is 12.2. The van der Waals surface area contributed by atoms with E-state index in [4.69, 9.17) is 16.3 Å². The first-order valence-electron chi connectivity index (χ1n) is 5.31. The Morgan fingerprint density at radius 2 is 2.16 bits per heavy atom. The molecule has 96 valence electrons. The molecule has 3 aromatic rings. The Morgan fingerprint density at radius 1 is 1.26 bits per heavy atom. The predicted molar refractivity (Wildman–Crippen MR) is 70.7 cm³/mol. The van der Waals surface area contributed by atoms with Gasteiger partial charge in [-0.25, -0.2) is 9.97 Å². The number of ether oxygens (including phenoxy) is 1. The van der Waals surface area contributed by atoms with E-state index in [2.05, 4.69) is 20.2 Å². The maximum absolute atomic E-state index is 5.96. The minimum absolute atomic E-state index is 0.272. The number of aromatic nitrogens is 5. The van der Waals surface area contributed by atoms with Gasteiger partial charge in [0, 0.05) is 6.20 Å². The van der Waals surface area contributed by atoms with Crippen LogP contribution in [0.2, 0.25) is 5.15 Å². The van der Waals surface area contributed by atoms with E-state index in [1.807, 2.05) is 28.8 Å². The molecule has 19 heavy (non-hydrogen) atoms. The van der Waals surface area contributed by atoms with Gasteiger partial charge in [0.1, 0.15) is 6.33 Å². The molecule has 0 radical (unpaired) electrons. The van der Waals surface area contributed by atoms with Gasteiger partial charge >= 0.3 is 0 Å². The summed E-state index contributed by atoms with van der Waals surface area (Å²) in [5.41, 5.74) is 0.768. The van der Waals surface area contributed by atoms with Crippen LogP contribution >= 0.6 is 23.4 Å². The largest absolute Gasteiger partial charge is 0.491 e. The summed E-state index contributed by atoms with van der Waals surface area (Å²) in [6.45, 7) is 0. The third-order valence-electron chi connectivity index (χ3n) is 2.40. The second-order valence-electron chi connectivity index (χ2n) is 3.52. The molecule has 0 aliphatic rings. The van der Waals surface area contributed by atoms with Crippen molar-refractivity contribution in [3.05, 3.63) is 35.9 Å². The van der Waals surface area contributed by atoms with Gasteiger partial charge in [-0.15, -0.1) is 10.2 Å². The summed E-state index contributed by atoms with van der Waals surface area (Å²) in [6, 6.07) is 5.69. The van der Waals surface area contributed by atoms with E-state index < -0.39 is 0 Å². The lowest BCUT2D eigenvalue weighted by Gasteiger charge is -2.06. The quantitative estimate of drug-likeness (QED) is 0.691. The Bertz CT molecular complexity index is 732. The Morgan fingerprint density at radius 3 is 3.00 bits per heavy atom. The Balaban J connectivity index is 2.04. The molecule has 8 heteroatoms. The Hall–Kier alpha value is -1.86. The van der Waals surface area contributed by atoms with Crippen LogP contribution in [0.4, 0.5) is 0 Å². The SMILES string of the molecule is COc1c(Cl)ncnc1Sc1nnc2ccccn12. The van der Waals surface area contributed by atoms with Crippen molar-refractivity contribution in [3.63, 3.8) is 0 Å². The molecule has 0 aliphatic heterocycles. The molecule has 0 N–H and O–H groups in total. The van der Waals surface area contributed by atoms with Crippen LogP contribution in [0.3, 0.4) is 0 Å². The molecule has 0 aliphatic carbocycles. The second kappa shape index (κ2) is 5.02. The lowest BCUT2D eigenvalue weighted by molar-refractivity contribution is 0.398. The van der Waals surface area contributed by atoms with E-state index in [0.717, 1.165) is 5.65 Å². The molecular weight excluding hydrogens is 286 g/mol. The average molecular weight is 294 g/mol. The summed E-state index contributed by atoms with van der Waals surface area (Å²) in [5, 5.41) is 9.73. The number of rotatable bonds is 3. The van der Waals surface area contributed by atoms with Gasteiger partial charge in [0.25, 0.3) is 0 Å². The lowest BCUT2D eigenvalue weighted by atomic mass is 10.5. The average Bonchev–Trinajstić information content (AvgIpc) is 2.83. The monoisotopic (exact) mass is 293 g/mol. The lowest BCUT2D eigenvalue weighted by Crippen LogP contribution is -1.94. The summed E-state index contributed by atoms with van der Waals surface area (Å²) in [6.07, 6.45) is 3.27. The standard InChI is InChI=1S/C11H8ClN5OS/c1-18-8-9(12)13-6-14-10(8)19-11-16-15-7-4-2-3-5-17(7)11/h2-6H,1H3.